The molecule has 1 atom stereocenters. The van der Waals surface area contributed by atoms with Gasteiger partial charge in [-0.05, 0) is 15.4 Å². The van der Waals surface area contributed by atoms with Crippen LogP contribution in [0.1, 0.15) is 20.8 Å². The molecular formula is C20H28N2O3Si. The summed E-state index contributed by atoms with van der Waals surface area (Å²) < 4.78 is 6.76. The molecule has 2 rings (SSSR count). The van der Waals surface area contributed by atoms with E-state index in [1.165, 1.54) is 0 Å². The smallest absolute Gasteiger partial charge is 0.404 e. The Morgan fingerprint density at radius 3 is 1.88 bits per heavy atom. The Kier molecular flexibility index (Phi) is 6.58. The molecule has 1 amide bonds. The molecule has 0 saturated heterocycles. The van der Waals surface area contributed by atoms with Gasteiger partial charge in [-0.15, -0.1) is 0 Å². The molecule has 0 fully saturated rings. The van der Waals surface area contributed by atoms with Crippen LogP contribution in [0.2, 0.25) is 5.04 Å². The summed E-state index contributed by atoms with van der Waals surface area (Å²) >= 11 is 0. The number of hydrogen-bond acceptors (Lipinski definition) is 3. The molecule has 26 heavy (non-hydrogen) atoms. The van der Waals surface area contributed by atoms with E-state index in [1.807, 2.05) is 36.4 Å². The summed E-state index contributed by atoms with van der Waals surface area (Å²) in [5, 5.41) is 13.5. The minimum absolute atomic E-state index is 0.163. The predicted octanol–water partition coefficient (Wildman–Crippen LogP) is 2.16. The third-order valence-electron chi connectivity index (χ3n) is 4.50. The van der Waals surface area contributed by atoms with Crippen molar-refractivity contribution in [3.05, 3.63) is 60.7 Å². The number of amides is 1. The number of carboxylic acid groups (broad SMARTS) is 1. The van der Waals surface area contributed by atoms with Crippen molar-refractivity contribution >= 4 is 24.8 Å². The zero-order valence-electron chi connectivity index (χ0n) is 15.6. The summed E-state index contributed by atoms with van der Waals surface area (Å²) in [6.45, 7) is 6.94. The average Bonchev–Trinajstić information content (AvgIpc) is 2.62. The molecule has 140 valence electrons. The molecular weight excluding hydrogens is 344 g/mol. The second kappa shape index (κ2) is 8.49. The second-order valence-electron chi connectivity index (χ2n) is 7.32. The van der Waals surface area contributed by atoms with Crippen molar-refractivity contribution in [3.63, 3.8) is 0 Å². The van der Waals surface area contributed by atoms with Gasteiger partial charge < -0.3 is 20.6 Å². The summed E-state index contributed by atoms with van der Waals surface area (Å²) in [5.74, 6) is 0. The Hall–Kier alpha value is -2.15. The van der Waals surface area contributed by atoms with Gasteiger partial charge in [0.05, 0.1) is 6.10 Å². The zero-order chi connectivity index (χ0) is 19.2. The predicted molar refractivity (Wildman–Crippen MR) is 108 cm³/mol. The zero-order valence-corrected chi connectivity index (χ0v) is 16.6. The van der Waals surface area contributed by atoms with Gasteiger partial charge in [0.15, 0.2) is 0 Å². The topological polar surface area (TPSA) is 84.6 Å². The monoisotopic (exact) mass is 372 g/mol. The van der Waals surface area contributed by atoms with E-state index in [1.54, 1.807) is 0 Å². The van der Waals surface area contributed by atoms with Crippen molar-refractivity contribution in [2.24, 2.45) is 5.73 Å². The quantitative estimate of drug-likeness (QED) is 0.650. The highest BCUT2D eigenvalue weighted by Crippen LogP contribution is 2.37. The van der Waals surface area contributed by atoms with Gasteiger partial charge in [0.25, 0.3) is 8.32 Å². The minimum Gasteiger partial charge on any atom is -0.465 e. The third-order valence-corrected chi connectivity index (χ3v) is 9.60. The van der Waals surface area contributed by atoms with Crippen molar-refractivity contribution in [1.29, 1.82) is 0 Å². The molecule has 2 aromatic rings. The lowest BCUT2D eigenvalue weighted by Gasteiger charge is -2.45. The highest BCUT2D eigenvalue weighted by atomic mass is 28.4. The molecule has 5 nitrogen and oxygen atoms in total. The van der Waals surface area contributed by atoms with E-state index in [0.29, 0.717) is 0 Å². The van der Waals surface area contributed by atoms with Crippen LogP contribution in [0.3, 0.4) is 0 Å². The Balaban J connectivity index is 2.58. The molecule has 0 bridgehead atoms. The summed E-state index contributed by atoms with van der Waals surface area (Å²) in [6.07, 6.45) is -1.48. The highest BCUT2D eigenvalue weighted by Gasteiger charge is 2.51. The molecule has 0 saturated carbocycles. The maximum absolute atomic E-state index is 10.9. The van der Waals surface area contributed by atoms with Crippen molar-refractivity contribution in [2.75, 3.05) is 13.1 Å². The number of nitrogens with one attached hydrogen (secondary N) is 1. The number of nitrogens with two attached hydrogens (primary N) is 1. The van der Waals surface area contributed by atoms with Gasteiger partial charge in [0.1, 0.15) is 0 Å². The maximum Gasteiger partial charge on any atom is 0.404 e. The molecule has 0 aliphatic heterocycles. The first-order valence-electron chi connectivity index (χ1n) is 8.77. The standard InChI is InChI=1S/C20H28N2O3Si/c1-20(2,3)26(17-10-6-4-7-11-17,18-12-8-5-9-13-18)25-16(14-21)15-22-19(23)24/h4-13,16,22H,14-15,21H2,1-3H3,(H,23,24). The Morgan fingerprint density at radius 1 is 1.08 bits per heavy atom. The summed E-state index contributed by atoms with van der Waals surface area (Å²) in [7, 11) is -2.72. The highest BCUT2D eigenvalue weighted by molar-refractivity contribution is 6.99. The first-order chi connectivity index (χ1) is 12.3. The fourth-order valence-electron chi connectivity index (χ4n) is 3.32. The first kappa shape index (κ1) is 20.2. The van der Waals surface area contributed by atoms with E-state index in [4.69, 9.17) is 15.3 Å². The lowest BCUT2D eigenvalue weighted by atomic mass is 10.2. The Morgan fingerprint density at radius 2 is 1.54 bits per heavy atom. The van der Waals surface area contributed by atoms with Crippen LogP contribution in [0, 0.1) is 0 Å². The molecule has 0 aliphatic rings. The Bertz CT molecular complexity index is 663. The number of benzene rings is 2. The van der Waals surface area contributed by atoms with Crippen LogP contribution in [-0.4, -0.2) is 38.7 Å². The van der Waals surface area contributed by atoms with Gasteiger partial charge in [-0.3, -0.25) is 0 Å². The van der Waals surface area contributed by atoms with Gasteiger partial charge >= 0.3 is 6.09 Å². The van der Waals surface area contributed by atoms with Gasteiger partial charge in [-0.2, -0.15) is 0 Å². The summed E-state index contributed by atoms with van der Waals surface area (Å²) in [6, 6.07) is 20.4. The van der Waals surface area contributed by atoms with Crippen LogP contribution in [0.25, 0.3) is 0 Å². The van der Waals surface area contributed by atoms with Crippen LogP contribution in [-0.2, 0) is 4.43 Å². The minimum atomic E-state index is -2.72. The molecule has 0 heterocycles. The van der Waals surface area contributed by atoms with Crippen molar-refractivity contribution in [3.8, 4) is 0 Å². The molecule has 0 aromatic heterocycles. The van der Waals surface area contributed by atoms with Gasteiger partial charge in [0, 0.05) is 13.1 Å². The SMILES string of the molecule is CC(C)(C)[Si](OC(CN)CNC(=O)O)(c1ccccc1)c1ccccc1. The van der Waals surface area contributed by atoms with E-state index in [-0.39, 0.29) is 18.1 Å². The lowest BCUT2D eigenvalue weighted by Crippen LogP contribution is -2.68. The molecule has 0 aliphatic carbocycles. The van der Waals surface area contributed by atoms with E-state index in [2.05, 4.69) is 50.4 Å². The van der Waals surface area contributed by atoms with Crippen LogP contribution < -0.4 is 21.4 Å². The van der Waals surface area contributed by atoms with Crippen LogP contribution in [0.15, 0.2) is 60.7 Å². The van der Waals surface area contributed by atoms with Crippen LogP contribution in [0.5, 0.6) is 0 Å². The van der Waals surface area contributed by atoms with E-state index < -0.39 is 20.5 Å². The van der Waals surface area contributed by atoms with Crippen molar-refractivity contribution < 1.29 is 14.3 Å². The maximum atomic E-state index is 10.9. The third kappa shape index (κ3) is 4.33. The molecule has 0 spiro atoms. The lowest BCUT2D eigenvalue weighted by molar-refractivity contribution is 0.169. The van der Waals surface area contributed by atoms with Crippen LogP contribution in [0.4, 0.5) is 4.79 Å². The average molecular weight is 373 g/mol. The summed E-state index contributed by atoms with van der Waals surface area (Å²) in [5.41, 5.74) is 5.93. The van der Waals surface area contributed by atoms with E-state index >= 15 is 0 Å². The summed E-state index contributed by atoms with van der Waals surface area (Å²) in [4.78, 5) is 10.9. The fourth-order valence-corrected chi connectivity index (χ4v) is 8.01. The molecule has 4 N–H and O–H groups in total. The number of hydrogen-bond donors (Lipinski definition) is 3. The van der Waals surface area contributed by atoms with Crippen molar-refractivity contribution in [1.82, 2.24) is 5.32 Å². The number of carbonyl (C=O) groups is 1. The first-order valence-corrected chi connectivity index (χ1v) is 10.7. The van der Waals surface area contributed by atoms with Gasteiger partial charge in [0.2, 0.25) is 0 Å². The molecule has 6 heteroatoms. The fraction of sp³-hybridized carbons (Fsp3) is 0.350. The van der Waals surface area contributed by atoms with E-state index in [9.17, 15) is 4.79 Å². The molecule has 2 aromatic carbocycles. The second-order valence-corrected chi connectivity index (χ2v) is 11.6. The largest absolute Gasteiger partial charge is 0.465 e. The van der Waals surface area contributed by atoms with Gasteiger partial charge in [-0.1, -0.05) is 81.4 Å². The molecule has 1 unspecified atom stereocenters. The number of rotatable bonds is 7. The molecule has 0 radical (unpaired) electrons. The Labute approximate surface area is 156 Å². The van der Waals surface area contributed by atoms with Crippen LogP contribution >= 0.6 is 0 Å². The van der Waals surface area contributed by atoms with E-state index in [0.717, 1.165) is 10.4 Å². The van der Waals surface area contributed by atoms with Crippen molar-refractivity contribution in [2.45, 2.75) is 31.9 Å². The van der Waals surface area contributed by atoms with Gasteiger partial charge in [-0.25, -0.2) is 4.79 Å². The normalized spacial score (nSPS) is 13.2.